The molecule has 142 valence electrons. The monoisotopic (exact) mass is 426 g/mol. The van der Waals surface area contributed by atoms with Crippen LogP contribution in [-0.2, 0) is 28.5 Å². The molecule has 2 aliphatic carbocycles. The van der Waals surface area contributed by atoms with Gasteiger partial charge in [0.1, 0.15) is 0 Å². The molecule has 2 aliphatic rings. The fourth-order valence-corrected chi connectivity index (χ4v) is 19.0. The summed E-state index contributed by atoms with van der Waals surface area (Å²) in [4.78, 5) is 25.2. The van der Waals surface area contributed by atoms with Gasteiger partial charge in [0.05, 0.1) is 0 Å². The quantitative estimate of drug-likeness (QED) is 0.548. The number of allylic oxidation sites excluding steroid dienone is 5. The van der Waals surface area contributed by atoms with Gasteiger partial charge in [0, 0.05) is 0 Å². The standard InChI is InChI=1S/C9H7.C5H5.2C3H2O2.2CH3.H2Si.Ti/c1-2-5-9-7-3-6-8(9)4-1;1-2-4-5-3-1;2*1-2-3(4)5;;;;/h1-7H;1-3H,4H2;2*1H,(H,4,5);2*1H3;1H2;/q;;;;;;;+2/p-2. The Bertz CT molecular complexity index is 1200. The van der Waals surface area contributed by atoms with Crippen LogP contribution in [0.3, 0.4) is 0 Å². The predicted molar refractivity (Wildman–Crippen MR) is 110 cm³/mol. The Kier molecular flexibility index (Phi) is 3.80. The van der Waals surface area contributed by atoms with Crippen molar-refractivity contribution >= 4 is 25.6 Å². The number of carbonyl (C=O) groups is 2. The van der Waals surface area contributed by atoms with E-state index in [1.54, 1.807) is 10.5 Å². The van der Waals surface area contributed by atoms with Gasteiger partial charge in [-0.05, 0) is 0 Å². The van der Waals surface area contributed by atoms with Crippen molar-refractivity contribution in [2.24, 2.45) is 0 Å². The van der Waals surface area contributed by atoms with E-state index in [0.717, 1.165) is 15.0 Å². The summed E-state index contributed by atoms with van der Waals surface area (Å²) in [7, 11) is 1.45. The molecule has 3 rings (SSSR count). The van der Waals surface area contributed by atoms with Gasteiger partial charge in [-0.3, -0.25) is 0 Å². The summed E-state index contributed by atoms with van der Waals surface area (Å²) >= 11 is -6.28. The van der Waals surface area contributed by atoms with E-state index in [1.165, 1.54) is 7.63 Å². The Hall–Kier alpha value is -2.57. The number of terminal acetylenes is 2. The van der Waals surface area contributed by atoms with Gasteiger partial charge in [-0.15, -0.1) is 0 Å². The average Bonchev–Trinajstić information content (AvgIpc) is 3.32. The first kappa shape index (κ1) is 20.2. The minimum absolute atomic E-state index is 0.467. The maximum atomic E-state index is 12.6. The third kappa shape index (κ3) is 2.52. The van der Waals surface area contributed by atoms with Crippen LogP contribution in [0.5, 0.6) is 0 Å². The topological polar surface area (TPSA) is 52.6 Å². The van der Waals surface area contributed by atoms with Crippen LogP contribution >= 0.6 is 0 Å². The molecule has 0 aliphatic heterocycles. The second-order valence-electron chi connectivity index (χ2n) is 9.30. The zero-order valence-corrected chi connectivity index (χ0v) is 19.0. The summed E-state index contributed by atoms with van der Waals surface area (Å²) in [5, 5.41) is 3.55. The molecule has 6 heteroatoms. The molecule has 0 heterocycles. The van der Waals surface area contributed by atoms with Gasteiger partial charge in [-0.1, -0.05) is 0 Å². The summed E-state index contributed by atoms with van der Waals surface area (Å²) in [5.41, 5.74) is 1.87. The molecule has 0 saturated heterocycles. The molecule has 0 radical (unpaired) electrons. The van der Waals surface area contributed by atoms with Gasteiger partial charge in [0.15, 0.2) is 0 Å². The fraction of sp³-hybridized carbons (Fsp3) is 0.182. The molecule has 4 nitrogen and oxygen atoms in total. The van der Waals surface area contributed by atoms with E-state index in [2.05, 4.69) is 0 Å². The third-order valence-electron chi connectivity index (χ3n) is 6.42. The number of hydrogen-bond donors (Lipinski definition) is 0. The first-order chi connectivity index (χ1) is 12.9. The van der Waals surface area contributed by atoms with E-state index < -0.39 is 28.4 Å². The second-order valence-corrected chi connectivity index (χ2v) is 37.1. The van der Waals surface area contributed by atoms with Crippen molar-refractivity contribution in [3.63, 3.8) is 0 Å². The van der Waals surface area contributed by atoms with E-state index in [0.29, 0.717) is 6.42 Å². The van der Waals surface area contributed by atoms with Gasteiger partial charge >= 0.3 is 163 Å². The van der Waals surface area contributed by atoms with Gasteiger partial charge in [-0.2, -0.15) is 0 Å². The summed E-state index contributed by atoms with van der Waals surface area (Å²) in [5.74, 6) is 2.30. The van der Waals surface area contributed by atoms with Crippen molar-refractivity contribution in [3.05, 3.63) is 63.6 Å². The predicted octanol–water partition coefficient (Wildman–Crippen LogP) is 3.19. The van der Waals surface area contributed by atoms with Crippen molar-refractivity contribution in [2.75, 3.05) is 0 Å². The number of carbonyl (C=O) groups excluding carboxylic acids is 2. The number of benzene rings is 1. The molecule has 1 aromatic carbocycles. The van der Waals surface area contributed by atoms with Gasteiger partial charge < -0.3 is 0 Å². The van der Waals surface area contributed by atoms with Crippen LogP contribution in [-0.4, -0.2) is 19.6 Å². The molecule has 28 heavy (non-hydrogen) atoms. The Labute approximate surface area is 163 Å². The molecule has 1 aromatic rings. The first-order valence-electron chi connectivity index (χ1n) is 8.98. The molecule has 0 fully saturated rings. The molecule has 0 spiro atoms. The van der Waals surface area contributed by atoms with Crippen LogP contribution in [0.1, 0.15) is 21.8 Å². The van der Waals surface area contributed by atoms with Gasteiger partial charge in [0.2, 0.25) is 0 Å². The minimum atomic E-state index is -6.28. The van der Waals surface area contributed by atoms with Crippen molar-refractivity contribution in [2.45, 2.75) is 21.1 Å². The number of hydrogen-bond acceptors (Lipinski definition) is 4. The van der Waals surface area contributed by atoms with Crippen LogP contribution in [0.2, 0.25) is 10.5 Å². The van der Waals surface area contributed by atoms with E-state index in [4.69, 9.17) is 19.5 Å². The molecule has 1 atom stereocenters. The molecule has 0 aromatic heterocycles. The molecule has 0 amide bonds. The Balaban J connectivity index is 2.51. The van der Waals surface area contributed by atoms with E-state index in [1.807, 2.05) is 66.5 Å². The molecule has 0 bridgehead atoms. The van der Waals surface area contributed by atoms with Crippen LogP contribution in [0.15, 0.2) is 52.4 Å². The Morgan fingerprint density at radius 3 is 2.29 bits per heavy atom. The Morgan fingerprint density at radius 2 is 1.75 bits per heavy atom. The molecule has 0 N–H and O–H groups in total. The molecule has 1 unspecified atom stereocenters. The van der Waals surface area contributed by atoms with E-state index >= 15 is 0 Å². The van der Waals surface area contributed by atoms with Crippen molar-refractivity contribution < 1.29 is 28.5 Å². The maximum absolute atomic E-state index is 12.6. The summed E-state index contributed by atoms with van der Waals surface area (Å²) < 4.78 is 12.7. The van der Waals surface area contributed by atoms with E-state index in [-0.39, 0.29) is 0 Å². The Morgan fingerprint density at radius 1 is 1.14 bits per heavy atom. The van der Waals surface area contributed by atoms with Crippen molar-refractivity contribution in [1.29, 1.82) is 0 Å². The number of rotatable bonds is 4. The first-order valence-corrected chi connectivity index (χ1v) is 19.1. The van der Waals surface area contributed by atoms with Gasteiger partial charge in [0.25, 0.3) is 0 Å². The van der Waals surface area contributed by atoms with Crippen LogP contribution in [0.25, 0.3) is 6.08 Å². The second kappa shape index (κ2) is 5.27. The normalized spacial score (nSPS) is 20.9. The molecular formula is C22H22O4SiTi. The molecular weight excluding hydrogens is 404 g/mol. The average molecular weight is 426 g/mol. The summed E-state index contributed by atoms with van der Waals surface area (Å²) in [6.07, 6.45) is 20.8. The zero-order valence-electron chi connectivity index (χ0n) is 16.0. The number of fused-ring (bicyclic) bond motifs is 1. The van der Waals surface area contributed by atoms with Crippen molar-refractivity contribution in [1.82, 2.24) is 0 Å². The van der Waals surface area contributed by atoms with E-state index in [9.17, 15) is 9.59 Å². The van der Waals surface area contributed by atoms with Crippen LogP contribution in [0.4, 0.5) is 0 Å². The summed E-state index contributed by atoms with van der Waals surface area (Å²) in [6.45, 7) is 0. The fourth-order valence-electron chi connectivity index (χ4n) is 4.78. The van der Waals surface area contributed by atoms with Gasteiger partial charge in [-0.25, -0.2) is 0 Å². The summed E-state index contributed by atoms with van der Waals surface area (Å²) in [6, 6.07) is 7.73. The molecule has 0 saturated carbocycles. The van der Waals surface area contributed by atoms with Crippen LogP contribution < -0.4 is 0 Å². The van der Waals surface area contributed by atoms with Crippen LogP contribution in [0, 0.1) is 24.7 Å². The zero-order chi connectivity index (χ0) is 20.7. The van der Waals surface area contributed by atoms with Crippen molar-refractivity contribution in [3.8, 4) is 24.7 Å². The third-order valence-corrected chi connectivity index (χ3v) is 23.9. The SMILES string of the molecule is C#CC(=O)[O][Ti]([CH3])([CH3])(=[SiH2])([O]C(=O)C#C)([C]1=CC=CC1)[CH]1C=Cc2ccccc21.